The lowest BCUT2D eigenvalue weighted by atomic mass is 10.00. The van der Waals surface area contributed by atoms with Crippen LogP contribution in [0.1, 0.15) is 49.5 Å². The summed E-state index contributed by atoms with van der Waals surface area (Å²) in [4.78, 5) is 2.55. The van der Waals surface area contributed by atoms with Crippen LogP contribution in [0.3, 0.4) is 0 Å². The molecule has 1 aromatic heterocycles. The fraction of sp³-hybridized carbons (Fsp3) is 0.579. The minimum Gasteiger partial charge on any atom is -0.496 e. The second-order valence-electron chi connectivity index (χ2n) is 7.08. The molecule has 1 saturated heterocycles. The second kappa shape index (κ2) is 6.93. The highest BCUT2D eigenvalue weighted by molar-refractivity contribution is 5.33. The highest BCUT2D eigenvalue weighted by Gasteiger charge is 2.30. The van der Waals surface area contributed by atoms with E-state index >= 15 is 0 Å². The summed E-state index contributed by atoms with van der Waals surface area (Å²) in [6.45, 7) is 3.10. The number of piperidine rings is 1. The molecule has 5 nitrogen and oxygen atoms in total. The van der Waals surface area contributed by atoms with Crippen molar-refractivity contribution in [3.63, 3.8) is 0 Å². The molecule has 24 heavy (non-hydrogen) atoms. The molecule has 1 aromatic carbocycles. The van der Waals surface area contributed by atoms with Crippen LogP contribution in [0, 0.1) is 5.92 Å². The van der Waals surface area contributed by atoms with Gasteiger partial charge in [-0.3, -0.25) is 4.90 Å². The van der Waals surface area contributed by atoms with E-state index in [1.165, 1.54) is 37.7 Å². The molecule has 0 amide bonds. The van der Waals surface area contributed by atoms with Crippen LogP contribution in [0.15, 0.2) is 30.6 Å². The monoisotopic (exact) mass is 326 g/mol. The van der Waals surface area contributed by atoms with Gasteiger partial charge in [-0.05, 0) is 44.2 Å². The Morgan fingerprint density at radius 1 is 1.17 bits per heavy atom. The first kappa shape index (κ1) is 15.6. The normalized spacial score (nSPS) is 21.8. The summed E-state index contributed by atoms with van der Waals surface area (Å²) in [7, 11) is 1.75. The maximum Gasteiger partial charge on any atom is 0.150 e. The zero-order chi connectivity index (χ0) is 16.4. The van der Waals surface area contributed by atoms with Gasteiger partial charge in [-0.25, -0.2) is 0 Å². The van der Waals surface area contributed by atoms with Gasteiger partial charge in [0.15, 0.2) is 0 Å². The number of hydrogen-bond acceptors (Lipinski definition) is 4. The Morgan fingerprint density at radius 3 is 2.88 bits per heavy atom. The Hall–Kier alpha value is -1.88. The third-order valence-corrected chi connectivity index (χ3v) is 5.27. The Labute approximate surface area is 143 Å². The summed E-state index contributed by atoms with van der Waals surface area (Å²) in [5.41, 5.74) is 1.25. The molecule has 0 bridgehead atoms. The van der Waals surface area contributed by atoms with Crippen LogP contribution in [0.5, 0.6) is 5.75 Å². The SMILES string of the molecule is COc1ccccc1CN1CCCCC1c1nncn1CC1CC1. The summed E-state index contributed by atoms with van der Waals surface area (Å²) in [6.07, 6.45) is 8.31. The largest absolute Gasteiger partial charge is 0.496 e. The molecule has 2 fully saturated rings. The number of rotatable bonds is 6. The Kier molecular flexibility index (Phi) is 4.52. The van der Waals surface area contributed by atoms with E-state index in [0.29, 0.717) is 6.04 Å². The number of methoxy groups -OCH3 is 1. The van der Waals surface area contributed by atoms with Crippen molar-refractivity contribution >= 4 is 0 Å². The fourth-order valence-corrected chi connectivity index (χ4v) is 3.77. The van der Waals surface area contributed by atoms with Crippen molar-refractivity contribution < 1.29 is 4.74 Å². The number of hydrogen-bond donors (Lipinski definition) is 0. The molecule has 0 radical (unpaired) electrons. The predicted molar refractivity (Wildman–Crippen MR) is 92.7 cm³/mol. The lowest BCUT2D eigenvalue weighted by molar-refractivity contribution is 0.129. The third kappa shape index (κ3) is 3.31. The Morgan fingerprint density at radius 2 is 2.04 bits per heavy atom. The lowest BCUT2D eigenvalue weighted by Gasteiger charge is -2.35. The molecule has 0 spiro atoms. The first-order valence-corrected chi connectivity index (χ1v) is 9.09. The number of likely N-dealkylation sites (tertiary alicyclic amines) is 1. The molecule has 2 aliphatic rings. The van der Waals surface area contributed by atoms with Gasteiger partial charge >= 0.3 is 0 Å². The van der Waals surface area contributed by atoms with Gasteiger partial charge < -0.3 is 9.30 Å². The molecule has 128 valence electrons. The zero-order valence-electron chi connectivity index (χ0n) is 14.4. The zero-order valence-corrected chi connectivity index (χ0v) is 14.4. The van der Waals surface area contributed by atoms with E-state index in [2.05, 4.69) is 31.8 Å². The van der Waals surface area contributed by atoms with Crippen molar-refractivity contribution in [3.05, 3.63) is 42.0 Å². The van der Waals surface area contributed by atoms with Gasteiger partial charge in [-0.1, -0.05) is 24.6 Å². The number of ether oxygens (including phenoxy) is 1. The highest BCUT2D eigenvalue weighted by Crippen LogP contribution is 2.35. The van der Waals surface area contributed by atoms with Gasteiger partial charge in [0, 0.05) is 18.7 Å². The van der Waals surface area contributed by atoms with Crippen molar-refractivity contribution in [2.75, 3.05) is 13.7 Å². The number of nitrogens with zero attached hydrogens (tertiary/aromatic N) is 4. The van der Waals surface area contributed by atoms with Crippen LogP contribution in [0.2, 0.25) is 0 Å². The summed E-state index contributed by atoms with van der Waals surface area (Å²) in [5, 5.41) is 8.71. The number of aromatic nitrogens is 3. The quantitative estimate of drug-likeness (QED) is 0.816. The molecule has 1 saturated carbocycles. The van der Waals surface area contributed by atoms with Crippen LogP contribution in [0.25, 0.3) is 0 Å². The summed E-state index contributed by atoms with van der Waals surface area (Å²) < 4.78 is 7.83. The first-order chi connectivity index (χ1) is 11.8. The summed E-state index contributed by atoms with van der Waals surface area (Å²) >= 11 is 0. The maximum absolute atomic E-state index is 5.54. The van der Waals surface area contributed by atoms with Gasteiger partial charge in [0.25, 0.3) is 0 Å². The molecule has 1 aliphatic carbocycles. The molecule has 2 aromatic rings. The van der Waals surface area contributed by atoms with Crippen LogP contribution in [-0.2, 0) is 13.1 Å². The molecule has 0 N–H and O–H groups in total. The van der Waals surface area contributed by atoms with Crippen LogP contribution in [0.4, 0.5) is 0 Å². The molecule has 1 atom stereocenters. The number of para-hydroxylation sites is 1. The van der Waals surface area contributed by atoms with E-state index < -0.39 is 0 Å². The molecular formula is C19H26N4O. The number of benzene rings is 1. The van der Waals surface area contributed by atoms with Crippen molar-refractivity contribution in [2.45, 2.75) is 51.2 Å². The van der Waals surface area contributed by atoms with Crippen molar-refractivity contribution in [2.24, 2.45) is 5.92 Å². The Balaban J connectivity index is 1.55. The topological polar surface area (TPSA) is 43.2 Å². The third-order valence-electron chi connectivity index (χ3n) is 5.27. The molecule has 2 heterocycles. The molecule has 4 rings (SSSR count). The van der Waals surface area contributed by atoms with Crippen molar-refractivity contribution in [3.8, 4) is 5.75 Å². The second-order valence-corrected chi connectivity index (χ2v) is 7.08. The fourth-order valence-electron chi connectivity index (χ4n) is 3.77. The highest BCUT2D eigenvalue weighted by atomic mass is 16.5. The minimum absolute atomic E-state index is 0.366. The van der Waals surface area contributed by atoms with Gasteiger partial charge in [0.2, 0.25) is 0 Å². The van der Waals surface area contributed by atoms with Crippen molar-refractivity contribution in [1.29, 1.82) is 0 Å². The van der Waals surface area contributed by atoms with Gasteiger partial charge in [0.1, 0.15) is 17.9 Å². The van der Waals surface area contributed by atoms with Gasteiger partial charge in [-0.15, -0.1) is 10.2 Å². The summed E-state index contributed by atoms with van der Waals surface area (Å²) in [5.74, 6) is 2.96. The van der Waals surface area contributed by atoms with E-state index in [-0.39, 0.29) is 0 Å². The van der Waals surface area contributed by atoms with Gasteiger partial charge in [0.05, 0.1) is 13.2 Å². The van der Waals surface area contributed by atoms with E-state index in [1.54, 1.807) is 7.11 Å². The maximum atomic E-state index is 5.54. The van der Waals surface area contributed by atoms with E-state index in [4.69, 9.17) is 4.74 Å². The van der Waals surface area contributed by atoms with E-state index in [1.807, 2.05) is 18.5 Å². The molecule has 1 aliphatic heterocycles. The average molecular weight is 326 g/mol. The first-order valence-electron chi connectivity index (χ1n) is 9.09. The predicted octanol–water partition coefficient (Wildman–Crippen LogP) is 3.42. The molecule has 5 heteroatoms. The van der Waals surface area contributed by atoms with Crippen LogP contribution in [-0.4, -0.2) is 33.3 Å². The lowest BCUT2D eigenvalue weighted by Crippen LogP contribution is -2.34. The van der Waals surface area contributed by atoms with E-state index in [9.17, 15) is 0 Å². The van der Waals surface area contributed by atoms with Gasteiger partial charge in [-0.2, -0.15) is 0 Å². The smallest absolute Gasteiger partial charge is 0.150 e. The molecule has 1 unspecified atom stereocenters. The minimum atomic E-state index is 0.366. The standard InChI is InChI=1S/C19H26N4O/c1-24-18-8-3-2-6-16(18)13-22-11-5-4-7-17(22)19-21-20-14-23(19)12-15-9-10-15/h2-3,6,8,14-15,17H,4-5,7,9-13H2,1H3. The average Bonchev–Trinajstić information content (AvgIpc) is 3.32. The summed E-state index contributed by atoms with van der Waals surface area (Å²) in [6, 6.07) is 8.70. The molecular weight excluding hydrogens is 300 g/mol. The Bertz CT molecular complexity index is 680. The van der Waals surface area contributed by atoms with Crippen LogP contribution >= 0.6 is 0 Å². The van der Waals surface area contributed by atoms with E-state index in [0.717, 1.165) is 37.1 Å². The van der Waals surface area contributed by atoms with Crippen molar-refractivity contribution in [1.82, 2.24) is 19.7 Å². The van der Waals surface area contributed by atoms with Crippen LogP contribution < -0.4 is 4.74 Å².